The van der Waals surface area contributed by atoms with Crippen LogP contribution in [0.15, 0.2) is 42.7 Å². The second-order valence-corrected chi connectivity index (χ2v) is 4.87. The van der Waals surface area contributed by atoms with Crippen molar-refractivity contribution in [3.8, 4) is 17.1 Å². The normalized spacial score (nSPS) is 10.4. The molecule has 0 fully saturated rings. The molecule has 106 valence electrons. The Morgan fingerprint density at radius 3 is 2.30 bits per heavy atom. The molecule has 20 heavy (non-hydrogen) atoms. The minimum atomic E-state index is 0.737. The molecule has 0 bridgehead atoms. The molecule has 0 spiro atoms. The van der Waals surface area contributed by atoms with Crippen LogP contribution in [0, 0.1) is 0 Å². The van der Waals surface area contributed by atoms with E-state index in [2.05, 4.69) is 16.9 Å². The van der Waals surface area contributed by atoms with Gasteiger partial charge in [0, 0.05) is 5.56 Å². The van der Waals surface area contributed by atoms with Crippen molar-refractivity contribution in [3.05, 3.63) is 42.7 Å². The van der Waals surface area contributed by atoms with E-state index < -0.39 is 0 Å². The van der Waals surface area contributed by atoms with Gasteiger partial charge in [-0.1, -0.05) is 62.9 Å². The summed E-state index contributed by atoms with van der Waals surface area (Å²) in [5, 5.41) is 0. The molecular formula is C17H22N2O. The third-order valence-corrected chi connectivity index (χ3v) is 3.18. The third-order valence-electron chi connectivity index (χ3n) is 3.18. The van der Waals surface area contributed by atoms with Crippen LogP contribution < -0.4 is 4.74 Å². The summed E-state index contributed by atoms with van der Waals surface area (Å²) in [4.78, 5) is 8.68. The molecule has 0 unspecified atom stereocenters. The van der Waals surface area contributed by atoms with Gasteiger partial charge in [0.2, 0.25) is 0 Å². The van der Waals surface area contributed by atoms with Crippen molar-refractivity contribution >= 4 is 0 Å². The molecule has 0 radical (unpaired) electrons. The van der Waals surface area contributed by atoms with Crippen molar-refractivity contribution in [3.63, 3.8) is 0 Å². The Balaban J connectivity index is 1.77. The third kappa shape index (κ3) is 4.65. The Labute approximate surface area is 121 Å². The monoisotopic (exact) mass is 270 g/mol. The molecule has 1 aromatic heterocycles. The maximum Gasteiger partial charge on any atom is 0.159 e. The molecule has 2 aromatic rings. The van der Waals surface area contributed by atoms with Crippen molar-refractivity contribution in [1.82, 2.24) is 9.97 Å². The van der Waals surface area contributed by atoms with Crippen molar-refractivity contribution < 1.29 is 4.74 Å². The van der Waals surface area contributed by atoms with E-state index in [1.54, 1.807) is 12.4 Å². The van der Waals surface area contributed by atoms with Crippen LogP contribution in [0.3, 0.4) is 0 Å². The second-order valence-electron chi connectivity index (χ2n) is 4.87. The van der Waals surface area contributed by atoms with E-state index in [1.165, 1.54) is 25.7 Å². The van der Waals surface area contributed by atoms with E-state index >= 15 is 0 Å². The van der Waals surface area contributed by atoms with E-state index in [0.29, 0.717) is 0 Å². The minimum absolute atomic E-state index is 0.737. The number of unbranched alkanes of at least 4 members (excludes halogenated alkanes) is 4. The lowest BCUT2D eigenvalue weighted by Crippen LogP contribution is -1.99. The molecule has 1 heterocycles. The van der Waals surface area contributed by atoms with Crippen LogP contribution in [-0.2, 0) is 0 Å². The molecule has 0 aliphatic heterocycles. The van der Waals surface area contributed by atoms with E-state index in [1.807, 2.05) is 30.3 Å². The summed E-state index contributed by atoms with van der Waals surface area (Å²) in [5.74, 6) is 1.49. The zero-order chi connectivity index (χ0) is 14.0. The Hall–Kier alpha value is -1.90. The van der Waals surface area contributed by atoms with Gasteiger partial charge in [0.25, 0.3) is 0 Å². The van der Waals surface area contributed by atoms with Gasteiger partial charge in [-0.25, -0.2) is 9.97 Å². The second kappa shape index (κ2) is 8.31. The summed E-state index contributed by atoms with van der Waals surface area (Å²) in [6.45, 7) is 2.97. The van der Waals surface area contributed by atoms with Crippen LogP contribution in [0.5, 0.6) is 5.75 Å². The van der Waals surface area contributed by atoms with Crippen molar-refractivity contribution in [2.45, 2.75) is 39.0 Å². The fourth-order valence-electron chi connectivity index (χ4n) is 2.02. The number of nitrogens with zero attached hydrogens (tertiary/aromatic N) is 2. The molecular weight excluding hydrogens is 248 g/mol. The molecule has 0 aliphatic rings. The SMILES string of the molecule is CCCCCCCOc1cnc(-c2ccccc2)nc1. The van der Waals surface area contributed by atoms with E-state index in [9.17, 15) is 0 Å². The highest BCUT2D eigenvalue weighted by molar-refractivity contribution is 5.54. The van der Waals surface area contributed by atoms with Crippen LogP contribution >= 0.6 is 0 Å². The van der Waals surface area contributed by atoms with Gasteiger partial charge in [0.15, 0.2) is 11.6 Å². The average molecular weight is 270 g/mol. The summed E-state index contributed by atoms with van der Waals surface area (Å²) in [5.41, 5.74) is 1.03. The molecule has 1 aromatic carbocycles. The van der Waals surface area contributed by atoms with Crippen molar-refractivity contribution in [1.29, 1.82) is 0 Å². The molecule has 0 atom stereocenters. The number of rotatable bonds is 8. The van der Waals surface area contributed by atoms with E-state index in [0.717, 1.165) is 30.2 Å². The van der Waals surface area contributed by atoms with Gasteiger partial charge in [-0.2, -0.15) is 0 Å². The lowest BCUT2D eigenvalue weighted by atomic mass is 10.2. The quantitative estimate of drug-likeness (QED) is 0.663. The first kappa shape index (κ1) is 14.5. The molecule has 3 nitrogen and oxygen atoms in total. The minimum Gasteiger partial charge on any atom is -0.490 e. The number of hydrogen-bond acceptors (Lipinski definition) is 3. The highest BCUT2D eigenvalue weighted by atomic mass is 16.5. The van der Waals surface area contributed by atoms with Gasteiger partial charge in [-0.05, 0) is 6.42 Å². The first-order valence-electron chi connectivity index (χ1n) is 7.40. The molecule has 0 aliphatic carbocycles. The zero-order valence-corrected chi connectivity index (χ0v) is 12.1. The van der Waals surface area contributed by atoms with Gasteiger partial charge < -0.3 is 4.74 Å². The Morgan fingerprint density at radius 1 is 0.900 bits per heavy atom. The summed E-state index contributed by atoms with van der Waals surface area (Å²) in [7, 11) is 0. The first-order valence-corrected chi connectivity index (χ1v) is 7.40. The highest BCUT2D eigenvalue weighted by Gasteiger charge is 2.01. The maximum absolute atomic E-state index is 5.65. The molecule has 0 saturated heterocycles. The average Bonchev–Trinajstić information content (AvgIpc) is 2.52. The smallest absolute Gasteiger partial charge is 0.159 e. The standard InChI is InChI=1S/C17H22N2O/c1-2-3-4-5-9-12-20-16-13-18-17(19-14-16)15-10-7-6-8-11-15/h6-8,10-11,13-14H,2-5,9,12H2,1H3. The van der Waals surface area contributed by atoms with Gasteiger partial charge >= 0.3 is 0 Å². The van der Waals surface area contributed by atoms with E-state index in [4.69, 9.17) is 4.74 Å². The Morgan fingerprint density at radius 2 is 1.60 bits per heavy atom. The van der Waals surface area contributed by atoms with Gasteiger partial charge in [-0.3, -0.25) is 0 Å². The topological polar surface area (TPSA) is 35.0 Å². The lowest BCUT2D eigenvalue weighted by molar-refractivity contribution is 0.302. The van der Waals surface area contributed by atoms with Gasteiger partial charge in [0.1, 0.15) is 0 Å². The number of aromatic nitrogens is 2. The number of ether oxygens (including phenoxy) is 1. The first-order chi connectivity index (χ1) is 9.90. The predicted molar refractivity (Wildman–Crippen MR) is 81.7 cm³/mol. The Kier molecular flexibility index (Phi) is 6.03. The summed E-state index contributed by atoms with van der Waals surface area (Å²) in [6.07, 6.45) is 9.72. The molecule has 0 N–H and O–H groups in total. The van der Waals surface area contributed by atoms with Crippen LogP contribution in [0.2, 0.25) is 0 Å². The van der Waals surface area contributed by atoms with Crippen molar-refractivity contribution in [2.24, 2.45) is 0 Å². The molecule has 0 amide bonds. The van der Waals surface area contributed by atoms with E-state index in [-0.39, 0.29) is 0 Å². The molecule has 3 heteroatoms. The van der Waals surface area contributed by atoms with Gasteiger partial charge in [0.05, 0.1) is 19.0 Å². The summed E-state index contributed by atoms with van der Waals surface area (Å²) < 4.78 is 5.65. The largest absolute Gasteiger partial charge is 0.490 e. The Bertz CT molecular complexity index is 482. The number of hydrogen-bond donors (Lipinski definition) is 0. The lowest BCUT2D eigenvalue weighted by Gasteiger charge is -2.06. The van der Waals surface area contributed by atoms with Crippen molar-refractivity contribution in [2.75, 3.05) is 6.61 Å². The van der Waals surface area contributed by atoms with Crippen LogP contribution in [0.1, 0.15) is 39.0 Å². The van der Waals surface area contributed by atoms with Crippen LogP contribution in [-0.4, -0.2) is 16.6 Å². The maximum atomic E-state index is 5.65. The van der Waals surface area contributed by atoms with Crippen LogP contribution in [0.4, 0.5) is 0 Å². The van der Waals surface area contributed by atoms with Gasteiger partial charge in [-0.15, -0.1) is 0 Å². The fourth-order valence-corrected chi connectivity index (χ4v) is 2.02. The predicted octanol–water partition coefficient (Wildman–Crippen LogP) is 4.49. The van der Waals surface area contributed by atoms with Crippen LogP contribution in [0.25, 0.3) is 11.4 Å². The number of benzene rings is 1. The zero-order valence-electron chi connectivity index (χ0n) is 12.1. The highest BCUT2D eigenvalue weighted by Crippen LogP contribution is 2.16. The fraction of sp³-hybridized carbons (Fsp3) is 0.412. The molecule has 2 rings (SSSR count). The summed E-state index contributed by atoms with van der Waals surface area (Å²) >= 11 is 0. The molecule has 0 saturated carbocycles. The summed E-state index contributed by atoms with van der Waals surface area (Å²) in [6, 6.07) is 9.96.